The Kier molecular flexibility index (Phi) is 7.46. The van der Waals surface area contributed by atoms with Gasteiger partial charge in [0.15, 0.2) is 0 Å². The molecule has 0 radical (unpaired) electrons. The van der Waals surface area contributed by atoms with Crippen LogP contribution in [0.25, 0.3) is 5.69 Å². The lowest BCUT2D eigenvalue weighted by Gasteiger charge is -2.08. The number of para-hydroxylation sites is 1. The van der Waals surface area contributed by atoms with Crippen molar-refractivity contribution in [2.75, 3.05) is 18.8 Å². The van der Waals surface area contributed by atoms with Gasteiger partial charge in [0, 0.05) is 12.1 Å². The van der Waals surface area contributed by atoms with Gasteiger partial charge in [-0.1, -0.05) is 30.2 Å². The minimum atomic E-state index is -3.80. The molecule has 2 aromatic carbocycles. The van der Waals surface area contributed by atoms with E-state index in [-0.39, 0.29) is 22.8 Å². The van der Waals surface area contributed by atoms with Gasteiger partial charge in [0.25, 0.3) is 5.91 Å². The molecule has 9 nitrogen and oxygen atoms in total. The van der Waals surface area contributed by atoms with Crippen LogP contribution in [0, 0.1) is 23.7 Å². The summed E-state index contributed by atoms with van der Waals surface area (Å²) in [5.41, 5.74) is 7.90. The number of nitriles is 1. The van der Waals surface area contributed by atoms with E-state index in [1.807, 2.05) is 30.3 Å². The van der Waals surface area contributed by atoms with E-state index in [0.29, 0.717) is 30.6 Å². The number of nitrogens with one attached hydrogen (secondary N) is 2. The highest BCUT2D eigenvalue weighted by molar-refractivity contribution is 7.89. The molecule has 3 rings (SSSR count). The summed E-state index contributed by atoms with van der Waals surface area (Å²) < 4.78 is 28.2. The molecule has 0 spiro atoms. The third-order valence-corrected chi connectivity index (χ3v) is 6.15. The lowest BCUT2D eigenvalue weighted by molar-refractivity contribution is 0.0953. The van der Waals surface area contributed by atoms with Gasteiger partial charge in [-0.2, -0.15) is 15.1 Å². The number of amides is 1. The molecule has 0 atom stereocenters. The van der Waals surface area contributed by atoms with Crippen molar-refractivity contribution in [3.05, 3.63) is 71.4 Å². The molecule has 168 valence electrons. The van der Waals surface area contributed by atoms with E-state index in [2.05, 4.69) is 27.1 Å². The number of aryl methyl sites for hydroxylation is 1. The summed E-state index contributed by atoms with van der Waals surface area (Å²) in [6.45, 7) is 0.155. The Labute approximate surface area is 192 Å². The van der Waals surface area contributed by atoms with Crippen LogP contribution in [0.5, 0.6) is 0 Å². The quantitative estimate of drug-likeness (QED) is 0.326. The summed E-state index contributed by atoms with van der Waals surface area (Å²) in [5.74, 6) is 2.04. The number of benzene rings is 2. The maximum absolute atomic E-state index is 12.5. The van der Waals surface area contributed by atoms with Crippen molar-refractivity contribution in [2.45, 2.75) is 17.7 Å². The number of aromatic nitrogens is 2. The number of rotatable bonds is 9. The fraction of sp³-hybridized carbons (Fsp3) is 0.174. The Hall–Kier alpha value is -4.12. The Balaban J connectivity index is 1.62. The predicted octanol–water partition coefficient (Wildman–Crippen LogP) is 1.60. The fourth-order valence-electron chi connectivity index (χ4n) is 3.13. The zero-order chi connectivity index (χ0) is 23.8. The first-order valence-electron chi connectivity index (χ1n) is 10.0. The van der Waals surface area contributed by atoms with Gasteiger partial charge in [-0.3, -0.25) is 4.79 Å². The molecule has 0 fully saturated rings. The van der Waals surface area contributed by atoms with Gasteiger partial charge in [-0.25, -0.2) is 13.1 Å². The lowest BCUT2D eigenvalue weighted by Crippen LogP contribution is -2.26. The van der Waals surface area contributed by atoms with Gasteiger partial charge < -0.3 is 11.1 Å². The van der Waals surface area contributed by atoms with Crippen molar-refractivity contribution < 1.29 is 13.2 Å². The molecule has 0 aliphatic carbocycles. The molecule has 0 unspecified atom stereocenters. The minimum Gasteiger partial charge on any atom is -0.382 e. The van der Waals surface area contributed by atoms with Crippen LogP contribution in [0.15, 0.2) is 59.5 Å². The smallest absolute Gasteiger partial charge is 0.251 e. The molecule has 1 amide bonds. The summed E-state index contributed by atoms with van der Waals surface area (Å²) in [5, 5.41) is 16.7. The second-order valence-electron chi connectivity index (χ2n) is 6.98. The van der Waals surface area contributed by atoms with Crippen molar-refractivity contribution in [3.8, 4) is 24.1 Å². The first kappa shape index (κ1) is 23.5. The van der Waals surface area contributed by atoms with Crippen molar-refractivity contribution in [1.29, 1.82) is 5.26 Å². The minimum absolute atomic E-state index is 0.0500. The van der Waals surface area contributed by atoms with Crippen LogP contribution in [0.4, 0.5) is 5.82 Å². The van der Waals surface area contributed by atoms with Crippen LogP contribution in [-0.2, 0) is 16.4 Å². The third kappa shape index (κ3) is 5.57. The van der Waals surface area contributed by atoms with E-state index < -0.39 is 15.9 Å². The monoisotopic (exact) mass is 462 g/mol. The highest BCUT2D eigenvalue weighted by atomic mass is 32.2. The van der Waals surface area contributed by atoms with E-state index in [9.17, 15) is 18.5 Å². The number of hydrogen-bond donors (Lipinski definition) is 3. The molecule has 10 heteroatoms. The number of terminal acetylenes is 1. The van der Waals surface area contributed by atoms with Crippen LogP contribution < -0.4 is 15.8 Å². The van der Waals surface area contributed by atoms with Crippen molar-refractivity contribution in [3.63, 3.8) is 0 Å². The predicted molar refractivity (Wildman–Crippen MR) is 124 cm³/mol. The molecule has 4 N–H and O–H groups in total. The zero-order valence-corrected chi connectivity index (χ0v) is 18.5. The second kappa shape index (κ2) is 10.5. The van der Waals surface area contributed by atoms with E-state index in [4.69, 9.17) is 12.2 Å². The molecule has 1 aromatic heterocycles. The van der Waals surface area contributed by atoms with E-state index in [0.717, 1.165) is 5.69 Å². The number of nitrogens with zero attached hydrogens (tertiary/aromatic N) is 3. The Morgan fingerprint density at radius 1 is 1.18 bits per heavy atom. The summed E-state index contributed by atoms with van der Waals surface area (Å²) in [6.07, 6.45) is 6.02. The van der Waals surface area contributed by atoms with Gasteiger partial charge >= 0.3 is 0 Å². The number of nitrogens with two attached hydrogens (primary N) is 1. The van der Waals surface area contributed by atoms with Gasteiger partial charge in [0.1, 0.15) is 17.5 Å². The zero-order valence-electron chi connectivity index (χ0n) is 17.7. The average molecular weight is 463 g/mol. The van der Waals surface area contributed by atoms with Gasteiger partial charge in [-0.15, -0.1) is 6.42 Å². The van der Waals surface area contributed by atoms with Crippen LogP contribution in [0.3, 0.4) is 0 Å². The third-order valence-electron chi connectivity index (χ3n) is 4.75. The highest BCUT2D eigenvalue weighted by Gasteiger charge is 2.17. The fourth-order valence-corrected chi connectivity index (χ4v) is 4.11. The molecule has 0 aliphatic rings. The maximum atomic E-state index is 12.5. The molecule has 0 saturated carbocycles. The normalized spacial score (nSPS) is 10.8. The van der Waals surface area contributed by atoms with Crippen LogP contribution >= 0.6 is 0 Å². The first-order valence-corrected chi connectivity index (χ1v) is 11.5. The summed E-state index contributed by atoms with van der Waals surface area (Å²) in [6, 6.07) is 17.0. The topological polar surface area (TPSA) is 143 Å². The lowest BCUT2D eigenvalue weighted by atomic mass is 10.1. The van der Waals surface area contributed by atoms with E-state index in [1.54, 1.807) is 0 Å². The van der Waals surface area contributed by atoms with E-state index in [1.165, 1.54) is 28.9 Å². The van der Waals surface area contributed by atoms with Crippen molar-refractivity contribution in [2.24, 2.45) is 0 Å². The van der Waals surface area contributed by atoms with Gasteiger partial charge in [-0.05, 0) is 43.2 Å². The van der Waals surface area contributed by atoms with Crippen LogP contribution in [-0.4, -0.2) is 37.2 Å². The van der Waals surface area contributed by atoms with Crippen LogP contribution in [0.1, 0.15) is 28.0 Å². The molecule has 0 bridgehead atoms. The number of carbonyl (C=O) groups excluding carboxylic acids is 1. The second-order valence-corrected chi connectivity index (χ2v) is 8.75. The van der Waals surface area contributed by atoms with E-state index >= 15 is 0 Å². The maximum Gasteiger partial charge on any atom is 0.251 e. The largest absolute Gasteiger partial charge is 0.382 e. The molecular weight excluding hydrogens is 440 g/mol. The Morgan fingerprint density at radius 2 is 1.94 bits per heavy atom. The van der Waals surface area contributed by atoms with Crippen LogP contribution in [0.2, 0.25) is 0 Å². The summed E-state index contributed by atoms with van der Waals surface area (Å²) >= 11 is 0. The number of sulfonamides is 1. The SMILES string of the molecule is C#CCNS(=O)(=O)c1cccc(C(=O)NCCCc2nn(-c3ccccc3)c(N)c2C#N)c1. The number of carbonyl (C=O) groups is 1. The number of nitrogen functional groups attached to an aromatic ring is 1. The average Bonchev–Trinajstić information content (AvgIpc) is 3.16. The molecular formula is C23H22N6O3S. The number of hydrogen-bond acceptors (Lipinski definition) is 6. The first-order chi connectivity index (χ1) is 15.9. The Bertz CT molecular complexity index is 1330. The van der Waals surface area contributed by atoms with Gasteiger partial charge in [0.2, 0.25) is 10.0 Å². The molecule has 0 aliphatic heterocycles. The van der Waals surface area contributed by atoms with Gasteiger partial charge in [0.05, 0.1) is 22.8 Å². The molecule has 1 heterocycles. The summed E-state index contributed by atoms with van der Waals surface area (Å²) in [4.78, 5) is 12.4. The van der Waals surface area contributed by atoms with Crippen molar-refractivity contribution >= 4 is 21.7 Å². The number of anilines is 1. The summed E-state index contributed by atoms with van der Waals surface area (Å²) in [7, 11) is -3.80. The molecule has 33 heavy (non-hydrogen) atoms. The van der Waals surface area contributed by atoms with Crippen molar-refractivity contribution in [1.82, 2.24) is 19.8 Å². The Morgan fingerprint density at radius 3 is 2.64 bits per heavy atom. The molecule has 3 aromatic rings. The standard InChI is InChI=1S/C23H22N6O3S/c1-2-13-27-33(31,32)19-11-6-8-17(15-19)23(30)26-14-7-12-21-20(16-24)22(25)29(28-21)18-9-4-3-5-10-18/h1,3-6,8-11,15,27H,7,12-14,25H2,(H,26,30). The molecule has 0 saturated heterocycles. The highest BCUT2D eigenvalue weighted by Crippen LogP contribution is 2.21.